The Kier molecular flexibility index (Phi) is 8.72. The van der Waals surface area contributed by atoms with Crippen LogP contribution in [0.3, 0.4) is 0 Å². The number of carbonyl (C=O) groups is 1. The fourth-order valence-corrected chi connectivity index (χ4v) is 5.95. The van der Waals surface area contributed by atoms with E-state index in [9.17, 15) is 15.0 Å². The third kappa shape index (κ3) is 5.67. The standard InChI is InChI=1S/C34H35F2N7O5/c1-19(2)39-30(46)20-9-11-22(12-10-20)33(21-7-5-4-6-8-21,23-13-15-24(47-3)16-14-23)42-28-26-29(41-32(37)40-28)43(18-38-26)31-34(35,36)27(45)25(17-44)48-31/h4-16,18-19,25,27,31,44-45H,17H2,1-3H3,(H,39,46)(H3,37,40,41,42)/t25-,27-,31-,33?/m1/s1. The van der Waals surface area contributed by atoms with Crippen molar-refractivity contribution in [1.82, 2.24) is 24.8 Å². The second-order valence-electron chi connectivity index (χ2n) is 11.8. The van der Waals surface area contributed by atoms with Crippen LogP contribution in [-0.4, -0.2) is 73.5 Å². The zero-order valence-electron chi connectivity index (χ0n) is 26.3. The maximum Gasteiger partial charge on any atom is 0.320 e. The number of hydrogen-bond donors (Lipinski definition) is 5. The van der Waals surface area contributed by atoms with Gasteiger partial charge in [-0.05, 0) is 54.8 Å². The van der Waals surface area contributed by atoms with Gasteiger partial charge in [0.15, 0.2) is 23.1 Å². The van der Waals surface area contributed by atoms with E-state index in [0.29, 0.717) is 16.9 Å². The van der Waals surface area contributed by atoms with Crippen LogP contribution in [0.2, 0.25) is 0 Å². The third-order valence-electron chi connectivity index (χ3n) is 8.29. The molecule has 2 aromatic heterocycles. The molecular weight excluding hydrogens is 624 g/mol. The Morgan fingerprint density at radius 2 is 1.67 bits per heavy atom. The van der Waals surface area contributed by atoms with Crippen molar-refractivity contribution in [2.45, 2.75) is 49.8 Å². The molecule has 1 fully saturated rings. The van der Waals surface area contributed by atoms with Gasteiger partial charge >= 0.3 is 5.92 Å². The van der Waals surface area contributed by atoms with E-state index in [4.69, 9.17) is 15.2 Å². The molecule has 1 amide bonds. The molecule has 0 aliphatic carbocycles. The van der Waals surface area contributed by atoms with Gasteiger partial charge in [-0.3, -0.25) is 9.36 Å². The fourth-order valence-electron chi connectivity index (χ4n) is 5.95. The van der Waals surface area contributed by atoms with Gasteiger partial charge in [-0.2, -0.15) is 18.7 Å². The summed E-state index contributed by atoms with van der Waals surface area (Å²) < 4.78 is 42.2. The van der Waals surface area contributed by atoms with E-state index in [1.807, 2.05) is 68.4 Å². The van der Waals surface area contributed by atoms with Crippen LogP contribution in [0.4, 0.5) is 20.5 Å². The van der Waals surface area contributed by atoms with Crippen molar-refractivity contribution in [2.75, 3.05) is 24.8 Å². The minimum absolute atomic E-state index is 0.0561. The number of nitrogens with two attached hydrogens (primary N) is 1. The van der Waals surface area contributed by atoms with Crippen molar-refractivity contribution in [2.24, 2.45) is 0 Å². The number of hydrogen-bond acceptors (Lipinski definition) is 10. The number of imidazole rings is 1. The number of nitrogens with one attached hydrogen (secondary N) is 2. The summed E-state index contributed by atoms with van der Waals surface area (Å²) in [6, 6.07) is 23.9. The van der Waals surface area contributed by atoms with Gasteiger partial charge < -0.3 is 36.1 Å². The molecule has 6 rings (SSSR count). The summed E-state index contributed by atoms with van der Waals surface area (Å²) in [6.07, 6.45) is -4.70. The van der Waals surface area contributed by atoms with Gasteiger partial charge in [-0.1, -0.05) is 54.6 Å². The Morgan fingerprint density at radius 1 is 1.04 bits per heavy atom. The fraction of sp³-hybridized carbons (Fsp3) is 0.294. The second kappa shape index (κ2) is 12.8. The number of amides is 1. The zero-order valence-corrected chi connectivity index (χ0v) is 26.3. The lowest BCUT2D eigenvalue weighted by atomic mass is 9.76. The number of anilines is 2. The van der Waals surface area contributed by atoms with Crippen molar-refractivity contribution in [3.05, 3.63) is 107 Å². The van der Waals surface area contributed by atoms with Crippen LogP contribution in [-0.2, 0) is 10.3 Å². The molecule has 12 nitrogen and oxygen atoms in total. The first kappa shape index (κ1) is 32.7. The number of aliphatic hydroxyl groups excluding tert-OH is 2. The summed E-state index contributed by atoms with van der Waals surface area (Å²) in [5.41, 5.74) is 7.62. The van der Waals surface area contributed by atoms with Crippen molar-refractivity contribution < 1.29 is 33.3 Å². The van der Waals surface area contributed by atoms with Crippen LogP contribution in [0.15, 0.2) is 85.2 Å². The molecule has 0 saturated carbocycles. The summed E-state index contributed by atoms with van der Waals surface area (Å²) >= 11 is 0. The lowest BCUT2D eigenvalue weighted by Gasteiger charge is -2.37. The van der Waals surface area contributed by atoms with Crippen LogP contribution >= 0.6 is 0 Å². The quantitative estimate of drug-likeness (QED) is 0.139. The molecular formula is C34H35F2N7O5. The van der Waals surface area contributed by atoms with Crippen LogP contribution in [0.25, 0.3) is 11.2 Å². The maximum absolute atomic E-state index is 15.2. The van der Waals surface area contributed by atoms with Gasteiger partial charge in [0.2, 0.25) is 12.2 Å². The average molecular weight is 660 g/mol. The Labute approximate surface area is 274 Å². The highest BCUT2D eigenvalue weighted by atomic mass is 19.3. The first-order valence-electron chi connectivity index (χ1n) is 15.2. The summed E-state index contributed by atoms with van der Waals surface area (Å²) in [5, 5.41) is 26.1. The molecule has 1 aliphatic heterocycles. The number of alkyl halides is 2. The number of aromatic nitrogens is 4. The molecule has 250 valence electrons. The van der Waals surface area contributed by atoms with Crippen LogP contribution in [0.5, 0.6) is 5.75 Å². The molecule has 5 aromatic rings. The van der Waals surface area contributed by atoms with Gasteiger partial charge in [0.1, 0.15) is 17.4 Å². The molecule has 1 saturated heterocycles. The molecule has 3 heterocycles. The monoisotopic (exact) mass is 659 g/mol. The van der Waals surface area contributed by atoms with E-state index in [2.05, 4.69) is 25.6 Å². The smallest absolute Gasteiger partial charge is 0.320 e. The Bertz CT molecular complexity index is 1910. The number of fused-ring (bicyclic) bond motifs is 1. The number of ether oxygens (including phenoxy) is 2. The molecule has 0 radical (unpaired) electrons. The normalized spacial score (nSPS) is 20.0. The van der Waals surface area contributed by atoms with E-state index < -0.39 is 36.5 Å². The number of aliphatic hydroxyl groups is 2. The highest BCUT2D eigenvalue weighted by Gasteiger charge is 2.59. The molecule has 48 heavy (non-hydrogen) atoms. The largest absolute Gasteiger partial charge is 0.497 e. The van der Waals surface area contributed by atoms with Gasteiger partial charge in [-0.25, -0.2) is 4.98 Å². The van der Waals surface area contributed by atoms with Gasteiger partial charge in [0.05, 0.1) is 20.0 Å². The lowest BCUT2D eigenvalue weighted by Crippen LogP contribution is -2.39. The minimum atomic E-state index is -3.78. The highest BCUT2D eigenvalue weighted by Crippen LogP contribution is 2.45. The van der Waals surface area contributed by atoms with E-state index in [1.54, 1.807) is 31.4 Å². The Balaban J connectivity index is 1.55. The van der Waals surface area contributed by atoms with Crippen LogP contribution in [0.1, 0.15) is 47.1 Å². The lowest BCUT2D eigenvalue weighted by molar-refractivity contribution is -0.138. The van der Waals surface area contributed by atoms with Gasteiger partial charge in [0, 0.05) is 11.6 Å². The third-order valence-corrected chi connectivity index (χ3v) is 8.29. The number of nitrogen functional groups attached to an aromatic ring is 1. The van der Waals surface area contributed by atoms with E-state index in [-0.39, 0.29) is 34.9 Å². The summed E-state index contributed by atoms with van der Waals surface area (Å²) in [4.78, 5) is 25.9. The first-order chi connectivity index (χ1) is 23.0. The minimum Gasteiger partial charge on any atom is -0.497 e. The van der Waals surface area contributed by atoms with Gasteiger partial charge in [0.25, 0.3) is 5.91 Å². The van der Waals surface area contributed by atoms with Crippen molar-refractivity contribution >= 4 is 28.8 Å². The van der Waals surface area contributed by atoms with E-state index in [1.165, 1.54) is 0 Å². The number of rotatable bonds is 10. The SMILES string of the molecule is COc1ccc(C(Nc2nc(N)nc3c2ncn3[C@@H]2O[C@H](CO)[C@@H](O)C2(F)F)(c2ccccc2)c2ccc(C(=O)NC(C)C)cc2)cc1. The van der Waals surface area contributed by atoms with Crippen molar-refractivity contribution in [3.63, 3.8) is 0 Å². The number of benzene rings is 3. The summed E-state index contributed by atoms with van der Waals surface area (Å²) in [5.74, 6) is -3.53. The predicted octanol–water partition coefficient (Wildman–Crippen LogP) is 3.85. The molecule has 1 aliphatic rings. The summed E-state index contributed by atoms with van der Waals surface area (Å²) in [7, 11) is 1.56. The predicted molar refractivity (Wildman–Crippen MR) is 174 cm³/mol. The van der Waals surface area contributed by atoms with Crippen molar-refractivity contribution in [3.8, 4) is 5.75 Å². The first-order valence-corrected chi connectivity index (χ1v) is 15.2. The number of carbonyl (C=O) groups excluding carboxylic acids is 1. The van der Waals surface area contributed by atoms with Gasteiger partial charge in [-0.15, -0.1) is 0 Å². The molecule has 6 N–H and O–H groups in total. The second-order valence-corrected chi connectivity index (χ2v) is 11.8. The van der Waals surface area contributed by atoms with Crippen molar-refractivity contribution in [1.29, 1.82) is 0 Å². The molecule has 0 bridgehead atoms. The Morgan fingerprint density at radius 3 is 2.25 bits per heavy atom. The average Bonchev–Trinajstić information content (AvgIpc) is 3.60. The molecule has 1 unspecified atom stereocenters. The molecule has 0 spiro atoms. The number of nitrogens with zero attached hydrogens (tertiary/aromatic N) is 4. The Hall–Kier alpha value is -5.18. The maximum atomic E-state index is 15.2. The summed E-state index contributed by atoms with van der Waals surface area (Å²) in [6.45, 7) is 2.94. The van der Waals surface area contributed by atoms with E-state index in [0.717, 1.165) is 22.0 Å². The highest BCUT2D eigenvalue weighted by molar-refractivity contribution is 5.94. The molecule has 3 aromatic carbocycles. The molecule has 4 atom stereocenters. The van der Waals surface area contributed by atoms with Crippen LogP contribution < -0.4 is 21.1 Å². The molecule has 14 heteroatoms. The number of methoxy groups -OCH3 is 1. The van der Waals surface area contributed by atoms with E-state index >= 15 is 8.78 Å². The zero-order chi connectivity index (χ0) is 34.2. The van der Waals surface area contributed by atoms with Crippen LogP contribution in [0, 0.1) is 0 Å². The number of halogens is 2. The topological polar surface area (TPSA) is 170 Å².